The smallest absolute Gasteiger partial charge is 0.266 e. The molecule has 0 fully saturated rings. The number of nitrogens with zero attached hydrogens (tertiary/aromatic N) is 1. The lowest BCUT2D eigenvalue weighted by Crippen LogP contribution is -2.29. The maximum Gasteiger partial charge on any atom is 0.267 e. The fourth-order valence-electron chi connectivity index (χ4n) is 2.66. The fourth-order valence-corrected chi connectivity index (χ4v) is 5.01. The highest BCUT2D eigenvalue weighted by molar-refractivity contribution is 7.92. The van der Waals surface area contributed by atoms with Gasteiger partial charge in [-0.3, -0.25) is 4.31 Å². The van der Waals surface area contributed by atoms with Crippen LogP contribution in [0.4, 0.5) is 10.1 Å². The number of nitrogens with one attached hydrogen (secondary N) is 1. The van der Waals surface area contributed by atoms with E-state index in [9.17, 15) is 21.2 Å². The van der Waals surface area contributed by atoms with Gasteiger partial charge in [0.15, 0.2) is 0 Å². The second-order valence-electron chi connectivity index (χ2n) is 5.26. The third-order valence-electron chi connectivity index (χ3n) is 3.89. The topological polar surface area (TPSA) is 83.6 Å². The van der Waals surface area contributed by atoms with Crippen LogP contribution in [0.25, 0.3) is 0 Å². The molecule has 0 bridgehead atoms. The standard InChI is InChI=1S/C15H15FN2O4S2/c1-17-23(19,20)12-6-7-14-11(10-12)8-9-18(14)24(21,22)15-5-3-2-4-13(15)16/h2-7,10,17H,8-9H2,1H3. The first-order valence-electron chi connectivity index (χ1n) is 7.11. The van der Waals surface area contributed by atoms with Gasteiger partial charge in [0.25, 0.3) is 10.0 Å². The summed E-state index contributed by atoms with van der Waals surface area (Å²) in [6.45, 7) is 0.134. The van der Waals surface area contributed by atoms with Crippen molar-refractivity contribution in [1.29, 1.82) is 0 Å². The molecule has 0 saturated carbocycles. The first-order chi connectivity index (χ1) is 11.3. The molecule has 0 radical (unpaired) electrons. The zero-order chi connectivity index (χ0) is 17.5. The molecule has 1 heterocycles. The van der Waals surface area contributed by atoms with Crippen molar-refractivity contribution >= 4 is 25.7 Å². The maximum atomic E-state index is 13.9. The van der Waals surface area contributed by atoms with Crippen LogP contribution in [-0.2, 0) is 26.5 Å². The van der Waals surface area contributed by atoms with E-state index in [-0.39, 0.29) is 11.4 Å². The number of anilines is 1. The van der Waals surface area contributed by atoms with Gasteiger partial charge in [-0.15, -0.1) is 0 Å². The van der Waals surface area contributed by atoms with Gasteiger partial charge in [0.05, 0.1) is 10.6 Å². The quantitative estimate of drug-likeness (QED) is 0.884. The molecule has 0 spiro atoms. The summed E-state index contributed by atoms with van der Waals surface area (Å²) in [5, 5.41) is 0. The van der Waals surface area contributed by atoms with Crippen molar-refractivity contribution in [2.24, 2.45) is 0 Å². The molecule has 0 atom stereocenters. The van der Waals surface area contributed by atoms with Gasteiger partial charge in [0, 0.05) is 6.54 Å². The summed E-state index contributed by atoms with van der Waals surface area (Å²) in [5.74, 6) is -0.819. The number of halogens is 1. The van der Waals surface area contributed by atoms with Crippen molar-refractivity contribution in [2.45, 2.75) is 16.2 Å². The highest BCUT2D eigenvalue weighted by Crippen LogP contribution is 2.34. The largest absolute Gasteiger partial charge is 0.267 e. The van der Waals surface area contributed by atoms with E-state index in [1.165, 1.54) is 43.4 Å². The summed E-state index contributed by atoms with van der Waals surface area (Å²) in [7, 11) is -6.35. The predicted molar refractivity (Wildman–Crippen MR) is 87.3 cm³/mol. The molecule has 2 aromatic rings. The second-order valence-corrected chi connectivity index (χ2v) is 8.97. The van der Waals surface area contributed by atoms with Crippen molar-refractivity contribution < 1.29 is 21.2 Å². The van der Waals surface area contributed by atoms with Gasteiger partial charge in [-0.2, -0.15) is 0 Å². The molecule has 1 aliphatic rings. The summed E-state index contributed by atoms with van der Waals surface area (Å²) in [5.41, 5.74) is 0.958. The monoisotopic (exact) mass is 370 g/mol. The highest BCUT2D eigenvalue weighted by atomic mass is 32.2. The molecule has 1 N–H and O–H groups in total. The zero-order valence-electron chi connectivity index (χ0n) is 12.7. The number of rotatable bonds is 4. The maximum absolute atomic E-state index is 13.9. The summed E-state index contributed by atoms with van der Waals surface area (Å²) in [6, 6.07) is 9.38. The molecule has 3 rings (SSSR count). The van der Waals surface area contributed by atoms with E-state index in [0.29, 0.717) is 17.7 Å². The molecule has 1 aliphatic heterocycles. The van der Waals surface area contributed by atoms with Crippen molar-refractivity contribution in [3.63, 3.8) is 0 Å². The van der Waals surface area contributed by atoms with Gasteiger partial charge in [0.1, 0.15) is 10.7 Å². The average molecular weight is 370 g/mol. The second kappa shape index (κ2) is 5.83. The van der Waals surface area contributed by atoms with Crippen LogP contribution >= 0.6 is 0 Å². The SMILES string of the molecule is CNS(=O)(=O)c1ccc2c(c1)CCN2S(=O)(=O)c1ccccc1F. The van der Waals surface area contributed by atoms with E-state index in [4.69, 9.17) is 0 Å². The molecule has 0 amide bonds. The number of sulfonamides is 2. The van der Waals surface area contributed by atoms with Crippen molar-refractivity contribution in [2.75, 3.05) is 17.9 Å². The molecule has 0 aliphatic carbocycles. The van der Waals surface area contributed by atoms with E-state index in [1.807, 2.05) is 0 Å². The van der Waals surface area contributed by atoms with Gasteiger partial charge in [-0.25, -0.2) is 25.9 Å². The third-order valence-corrected chi connectivity index (χ3v) is 7.15. The van der Waals surface area contributed by atoms with Crippen LogP contribution in [0.5, 0.6) is 0 Å². The first-order valence-corrected chi connectivity index (χ1v) is 10.0. The lowest BCUT2D eigenvalue weighted by atomic mass is 10.2. The number of benzene rings is 2. The van der Waals surface area contributed by atoms with Crippen LogP contribution < -0.4 is 9.03 Å². The zero-order valence-corrected chi connectivity index (χ0v) is 14.4. The summed E-state index contributed by atoms with van der Waals surface area (Å²) in [4.78, 5) is -0.335. The van der Waals surface area contributed by atoms with Gasteiger partial charge >= 0.3 is 0 Å². The third kappa shape index (κ3) is 2.68. The number of fused-ring (bicyclic) bond motifs is 1. The molecule has 0 saturated heterocycles. The molecular weight excluding hydrogens is 355 g/mol. The Morgan fingerprint density at radius 2 is 1.79 bits per heavy atom. The van der Waals surface area contributed by atoms with Gasteiger partial charge in [-0.05, 0) is 49.4 Å². The Hall–Kier alpha value is -1.97. The average Bonchev–Trinajstić information content (AvgIpc) is 2.99. The van der Waals surface area contributed by atoms with Crippen LogP contribution in [0.3, 0.4) is 0 Å². The summed E-state index contributed by atoms with van der Waals surface area (Å²) in [6.07, 6.45) is 0.357. The van der Waals surface area contributed by atoms with Crippen LogP contribution in [0.2, 0.25) is 0 Å². The minimum Gasteiger partial charge on any atom is -0.266 e. The molecule has 0 aromatic heterocycles. The Bertz CT molecular complexity index is 1000. The Balaban J connectivity index is 2.06. The van der Waals surface area contributed by atoms with Crippen LogP contribution in [0.1, 0.15) is 5.56 Å². The lowest BCUT2D eigenvalue weighted by Gasteiger charge is -2.20. The Kier molecular flexibility index (Phi) is 4.10. The van der Waals surface area contributed by atoms with E-state index in [0.717, 1.165) is 10.4 Å². The van der Waals surface area contributed by atoms with E-state index in [2.05, 4.69) is 4.72 Å². The Morgan fingerprint density at radius 3 is 2.46 bits per heavy atom. The van der Waals surface area contributed by atoms with Gasteiger partial charge in [-0.1, -0.05) is 12.1 Å². The Labute approximate surface area is 140 Å². The fraction of sp³-hybridized carbons (Fsp3) is 0.200. The van der Waals surface area contributed by atoms with Crippen LogP contribution in [0, 0.1) is 5.82 Å². The predicted octanol–water partition coefficient (Wildman–Crippen LogP) is 1.49. The van der Waals surface area contributed by atoms with E-state index < -0.39 is 30.8 Å². The van der Waals surface area contributed by atoms with Gasteiger partial charge < -0.3 is 0 Å². The minimum atomic E-state index is -4.04. The Morgan fingerprint density at radius 1 is 1.08 bits per heavy atom. The minimum absolute atomic E-state index is 0.0638. The molecule has 128 valence electrons. The van der Waals surface area contributed by atoms with Crippen molar-refractivity contribution in [1.82, 2.24) is 4.72 Å². The number of hydrogen-bond donors (Lipinski definition) is 1. The molecule has 9 heteroatoms. The van der Waals surface area contributed by atoms with E-state index in [1.54, 1.807) is 0 Å². The number of hydrogen-bond acceptors (Lipinski definition) is 4. The molecule has 6 nitrogen and oxygen atoms in total. The van der Waals surface area contributed by atoms with Gasteiger partial charge in [0.2, 0.25) is 10.0 Å². The first kappa shape index (κ1) is 16.9. The molecule has 24 heavy (non-hydrogen) atoms. The van der Waals surface area contributed by atoms with E-state index >= 15 is 0 Å². The lowest BCUT2D eigenvalue weighted by molar-refractivity contribution is 0.564. The molecule has 2 aromatic carbocycles. The molecule has 0 unspecified atom stereocenters. The van der Waals surface area contributed by atoms with Crippen LogP contribution in [0.15, 0.2) is 52.3 Å². The van der Waals surface area contributed by atoms with Crippen LogP contribution in [-0.4, -0.2) is 30.4 Å². The molecular formula is C15H15FN2O4S2. The summed E-state index contributed by atoms with van der Waals surface area (Å²) < 4.78 is 66.3. The van der Waals surface area contributed by atoms with Crippen molar-refractivity contribution in [3.05, 3.63) is 53.8 Å². The normalized spacial score (nSPS) is 14.7. The summed E-state index contributed by atoms with van der Waals surface area (Å²) >= 11 is 0. The highest BCUT2D eigenvalue weighted by Gasteiger charge is 2.33. The van der Waals surface area contributed by atoms with Crippen molar-refractivity contribution in [3.8, 4) is 0 Å².